The largest absolute Gasteiger partial charge is 0.462 e. The van der Waals surface area contributed by atoms with Crippen molar-refractivity contribution in [1.29, 1.82) is 0 Å². The molecule has 2 aromatic carbocycles. The van der Waals surface area contributed by atoms with Gasteiger partial charge in [-0.2, -0.15) is 0 Å². The van der Waals surface area contributed by atoms with Crippen molar-refractivity contribution in [3.05, 3.63) is 66.2 Å². The molecule has 2 N–H and O–H groups in total. The zero-order valence-electron chi connectivity index (χ0n) is 17.5. The van der Waals surface area contributed by atoms with Crippen LogP contribution < -0.4 is 15.4 Å². The van der Waals surface area contributed by atoms with Gasteiger partial charge in [0.2, 0.25) is 0 Å². The van der Waals surface area contributed by atoms with Gasteiger partial charge in [0.1, 0.15) is 24.4 Å². The number of benzene rings is 2. The van der Waals surface area contributed by atoms with Crippen LogP contribution in [0.25, 0.3) is 11.1 Å². The van der Waals surface area contributed by atoms with Crippen molar-refractivity contribution in [2.45, 2.75) is 19.4 Å². The molecule has 1 fully saturated rings. The van der Waals surface area contributed by atoms with E-state index in [1.807, 2.05) is 18.2 Å². The molecular weight excluding hydrogens is 390 g/mol. The van der Waals surface area contributed by atoms with Crippen molar-refractivity contribution in [2.24, 2.45) is 16.1 Å². The number of anilines is 1. The Morgan fingerprint density at radius 1 is 0.935 bits per heavy atom. The third-order valence-electron chi connectivity index (χ3n) is 6.28. The minimum Gasteiger partial charge on any atom is -0.462 e. The molecule has 0 saturated carbocycles. The van der Waals surface area contributed by atoms with E-state index in [9.17, 15) is 0 Å². The molecule has 1 atom stereocenters. The number of aliphatic imine (C=N–C) groups is 1. The summed E-state index contributed by atoms with van der Waals surface area (Å²) in [6, 6.07) is 12.6. The maximum atomic E-state index is 6.30. The summed E-state index contributed by atoms with van der Waals surface area (Å²) in [6.07, 6.45) is 5.12. The molecule has 0 radical (unpaired) electrons. The molecule has 3 aliphatic rings. The van der Waals surface area contributed by atoms with Gasteiger partial charge in [0, 0.05) is 47.9 Å². The van der Waals surface area contributed by atoms with Crippen LogP contribution in [0.5, 0.6) is 11.5 Å². The van der Waals surface area contributed by atoms with Crippen LogP contribution in [-0.2, 0) is 10.3 Å². The fraction of sp³-hybridized carbons (Fsp3) is 0.292. The smallest absolute Gasteiger partial charge is 0.283 e. The molecule has 4 heterocycles. The molecular formula is C24H23N5O2. The van der Waals surface area contributed by atoms with E-state index in [0.717, 1.165) is 52.5 Å². The van der Waals surface area contributed by atoms with Crippen LogP contribution in [0.15, 0.2) is 60.1 Å². The lowest BCUT2D eigenvalue weighted by Gasteiger charge is -2.48. The standard InChI is InChI=1S/C24H23N5O2/c1-23(2)11-29(12-23)17-4-6-21-19(8-17)24(13-30-22(25)28-24)18-7-15(3-5-20(18)31-21)16-9-26-14-27-10-16/h3-10,14H,11-13H2,1-2H3,(H2,25,28)/t24-/m0/s1. The summed E-state index contributed by atoms with van der Waals surface area (Å²) < 4.78 is 12.0. The van der Waals surface area contributed by atoms with Gasteiger partial charge in [-0.25, -0.2) is 15.0 Å². The predicted molar refractivity (Wildman–Crippen MR) is 118 cm³/mol. The summed E-state index contributed by atoms with van der Waals surface area (Å²) in [7, 11) is 0. The van der Waals surface area contributed by atoms with Gasteiger partial charge in [0.25, 0.3) is 6.02 Å². The Hall–Kier alpha value is -3.61. The second kappa shape index (κ2) is 6.20. The van der Waals surface area contributed by atoms with E-state index in [2.05, 4.69) is 46.9 Å². The SMILES string of the molecule is CC1(C)CN(c2ccc3c(c2)[C@]2(COC(N)=N2)c2cc(-c4cncnc4)ccc2O3)C1. The first kappa shape index (κ1) is 18.2. The highest BCUT2D eigenvalue weighted by Gasteiger charge is 2.47. The fourth-order valence-corrected chi connectivity index (χ4v) is 4.84. The van der Waals surface area contributed by atoms with Crippen LogP contribution in [0.1, 0.15) is 25.0 Å². The average molecular weight is 413 g/mol. The normalized spacial score (nSPS) is 22.6. The van der Waals surface area contributed by atoms with E-state index < -0.39 is 5.54 Å². The van der Waals surface area contributed by atoms with E-state index in [1.165, 1.54) is 6.33 Å². The van der Waals surface area contributed by atoms with Crippen LogP contribution in [0.4, 0.5) is 5.69 Å². The summed E-state index contributed by atoms with van der Waals surface area (Å²) in [4.78, 5) is 15.5. The van der Waals surface area contributed by atoms with Gasteiger partial charge in [-0.1, -0.05) is 19.9 Å². The zero-order valence-corrected chi connectivity index (χ0v) is 17.5. The number of ether oxygens (including phenoxy) is 2. The lowest BCUT2D eigenvalue weighted by atomic mass is 9.79. The van der Waals surface area contributed by atoms with Crippen molar-refractivity contribution in [1.82, 2.24) is 9.97 Å². The second-order valence-electron chi connectivity index (χ2n) is 9.24. The van der Waals surface area contributed by atoms with Gasteiger partial charge in [0.05, 0.1) is 0 Å². The molecule has 1 saturated heterocycles. The molecule has 0 unspecified atom stereocenters. The molecule has 0 amide bonds. The molecule has 7 heteroatoms. The minimum atomic E-state index is -0.741. The van der Waals surface area contributed by atoms with Crippen molar-refractivity contribution < 1.29 is 9.47 Å². The molecule has 1 spiro atoms. The number of rotatable bonds is 2. The third-order valence-corrected chi connectivity index (χ3v) is 6.28. The monoisotopic (exact) mass is 413 g/mol. The Kier molecular flexibility index (Phi) is 3.64. The van der Waals surface area contributed by atoms with E-state index in [-0.39, 0.29) is 6.02 Å². The highest BCUT2D eigenvalue weighted by Crippen LogP contribution is 2.52. The third kappa shape index (κ3) is 2.76. The lowest BCUT2D eigenvalue weighted by molar-refractivity contribution is 0.263. The predicted octanol–water partition coefficient (Wildman–Crippen LogP) is 3.68. The van der Waals surface area contributed by atoms with Crippen molar-refractivity contribution >= 4 is 11.7 Å². The molecule has 7 nitrogen and oxygen atoms in total. The van der Waals surface area contributed by atoms with Crippen LogP contribution >= 0.6 is 0 Å². The number of hydrogen-bond acceptors (Lipinski definition) is 7. The summed E-state index contributed by atoms with van der Waals surface area (Å²) in [5.41, 5.74) is 10.6. The number of fused-ring (bicyclic) bond motifs is 4. The summed E-state index contributed by atoms with van der Waals surface area (Å²) >= 11 is 0. The van der Waals surface area contributed by atoms with Crippen LogP contribution in [0.2, 0.25) is 0 Å². The molecule has 31 heavy (non-hydrogen) atoms. The summed E-state index contributed by atoms with van der Waals surface area (Å²) in [5, 5.41) is 0. The van der Waals surface area contributed by atoms with E-state index >= 15 is 0 Å². The first-order chi connectivity index (χ1) is 14.9. The lowest BCUT2D eigenvalue weighted by Crippen LogP contribution is -2.53. The maximum absolute atomic E-state index is 6.30. The van der Waals surface area contributed by atoms with E-state index in [1.54, 1.807) is 12.4 Å². The van der Waals surface area contributed by atoms with E-state index in [4.69, 9.17) is 20.2 Å². The molecule has 156 valence electrons. The first-order valence-electron chi connectivity index (χ1n) is 10.4. The number of nitrogens with zero attached hydrogens (tertiary/aromatic N) is 4. The van der Waals surface area contributed by atoms with Crippen LogP contribution in [-0.4, -0.2) is 35.7 Å². The van der Waals surface area contributed by atoms with Gasteiger partial charge >= 0.3 is 0 Å². The molecule has 3 aromatic rings. The van der Waals surface area contributed by atoms with Crippen LogP contribution in [0.3, 0.4) is 0 Å². The zero-order chi connectivity index (χ0) is 21.2. The molecule has 3 aliphatic heterocycles. The van der Waals surface area contributed by atoms with Crippen molar-refractivity contribution in [3.63, 3.8) is 0 Å². The number of nitrogens with two attached hydrogens (primary N) is 1. The Morgan fingerprint density at radius 3 is 2.32 bits per heavy atom. The second-order valence-corrected chi connectivity index (χ2v) is 9.24. The number of amidine groups is 1. The van der Waals surface area contributed by atoms with Crippen molar-refractivity contribution in [2.75, 3.05) is 24.6 Å². The van der Waals surface area contributed by atoms with Gasteiger partial charge in [-0.05, 0) is 41.3 Å². The minimum absolute atomic E-state index is 0.197. The highest BCUT2D eigenvalue weighted by molar-refractivity contribution is 5.78. The summed E-state index contributed by atoms with van der Waals surface area (Å²) in [6.45, 7) is 6.96. The first-order valence-corrected chi connectivity index (χ1v) is 10.4. The molecule has 6 rings (SSSR count). The summed E-state index contributed by atoms with van der Waals surface area (Å²) in [5.74, 6) is 1.54. The quantitative estimate of drug-likeness (QED) is 0.690. The maximum Gasteiger partial charge on any atom is 0.283 e. The fourth-order valence-electron chi connectivity index (χ4n) is 4.84. The molecule has 1 aromatic heterocycles. The van der Waals surface area contributed by atoms with Crippen LogP contribution in [0, 0.1) is 5.41 Å². The van der Waals surface area contributed by atoms with Gasteiger partial charge in [-0.3, -0.25) is 0 Å². The number of hydrogen-bond donors (Lipinski definition) is 1. The van der Waals surface area contributed by atoms with E-state index in [0.29, 0.717) is 12.0 Å². The topological polar surface area (TPSA) is 85.9 Å². The Labute approximate surface area is 180 Å². The Morgan fingerprint density at radius 2 is 1.65 bits per heavy atom. The Bertz CT molecular complexity index is 1220. The average Bonchev–Trinajstić information content (AvgIpc) is 3.15. The van der Waals surface area contributed by atoms with Gasteiger partial charge < -0.3 is 20.1 Å². The Balaban J connectivity index is 1.50. The molecule has 0 bridgehead atoms. The van der Waals surface area contributed by atoms with Crippen molar-refractivity contribution in [3.8, 4) is 22.6 Å². The van der Waals surface area contributed by atoms with Gasteiger partial charge in [0.15, 0.2) is 5.54 Å². The highest BCUT2D eigenvalue weighted by atomic mass is 16.5. The number of aromatic nitrogens is 2. The molecule has 0 aliphatic carbocycles. The van der Waals surface area contributed by atoms with Gasteiger partial charge in [-0.15, -0.1) is 0 Å².